The van der Waals surface area contributed by atoms with E-state index in [4.69, 9.17) is 16.3 Å². The highest BCUT2D eigenvalue weighted by molar-refractivity contribution is 6.30. The van der Waals surface area contributed by atoms with Gasteiger partial charge in [-0.15, -0.1) is 0 Å². The van der Waals surface area contributed by atoms with Crippen molar-refractivity contribution in [3.8, 4) is 0 Å². The van der Waals surface area contributed by atoms with Crippen molar-refractivity contribution in [2.45, 2.75) is 31.5 Å². The van der Waals surface area contributed by atoms with E-state index < -0.39 is 0 Å². The summed E-state index contributed by atoms with van der Waals surface area (Å²) in [6.45, 7) is 0. The molecular weight excluding hydrogens is 184 g/mol. The van der Waals surface area contributed by atoms with Crippen LogP contribution in [0.3, 0.4) is 0 Å². The van der Waals surface area contributed by atoms with Gasteiger partial charge in [-0.1, -0.05) is 17.7 Å². The molecule has 0 N–H and O–H groups in total. The minimum Gasteiger partial charge on any atom is -0.364 e. The zero-order valence-electron chi connectivity index (χ0n) is 7.29. The van der Waals surface area contributed by atoms with Crippen molar-refractivity contribution in [3.05, 3.63) is 34.3 Å². The van der Waals surface area contributed by atoms with Gasteiger partial charge in [-0.2, -0.15) is 0 Å². The third kappa shape index (κ3) is 1.27. The molecule has 1 heterocycles. The molecule has 0 bridgehead atoms. The first-order valence-electron chi connectivity index (χ1n) is 4.78. The number of ether oxygens (including phenoxy) is 1. The van der Waals surface area contributed by atoms with E-state index in [0.717, 1.165) is 11.4 Å². The lowest BCUT2D eigenvalue weighted by Gasteiger charge is -2.05. The first kappa shape index (κ1) is 7.84. The summed E-state index contributed by atoms with van der Waals surface area (Å²) in [5.74, 6) is 0. The lowest BCUT2D eigenvalue weighted by Crippen LogP contribution is -1.90. The Morgan fingerprint density at radius 3 is 3.23 bits per heavy atom. The first-order chi connectivity index (χ1) is 6.34. The number of epoxide rings is 1. The minimum atomic E-state index is 0.384. The van der Waals surface area contributed by atoms with E-state index in [-0.39, 0.29) is 0 Å². The molecule has 1 aromatic carbocycles. The Morgan fingerprint density at radius 1 is 1.38 bits per heavy atom. The van der Waals surface area contributed by atoms with Gasteiger partial charge in [0.1, 0.15) is 6.10 Å². The van der Waals surface area contributed by atoms with Crippen LogP contribution < -0.4 is 0 Å². The third-order valence-corrected chi connectivity index (χ3v) is 3.16. The van der Waals surface area contributed by atoms with Gasteiger partial charge in [-0.05, 0) is 42.5 Å². The van der Waals surface area contributed by atoms with E-state index in [9.17, 15) is 0 Å². The van der Waals surface area contributed by atoms with Crippen LogP contribution in [-0.2, 0) is 11.2 Å². The number of aryl methyl sites for hydroxylation is 1. The normalized spacial score (nSPS) is 30.2. The number of fused-ring (bicyclic) bond motifs is 3. The van der Waals surface area contributed by atoms with Crippen molar-refractivity contribution in [3.63, 3.8) is 0 Å². The van der Waals surface area contributed by atoms with E-state index >= 15 is 0 Å². The molecule has 0 unspecified atom stereocenters. The Kier molecular flexibility index (Phi) is 1.64. The summed E-state index contributed by atoms with van der Waals surface area (Å²) in [7, 11) is 0. The van der Waals surface area contributed by atoms with Crippen LogP contribution >= 0.6 is 11.6 Å². The molecule has 68 valence electrons. The van der Waals surface area contributed by atoms with Crippen molar-refractivity contribution in [2.24, 2.45) is 0 Å². The molecule has 1 fully saturated rings. The molecule has 2 atom stereocenters. The lowest BCUT2D eigenvalue weighted by atomic mass is 10.0. The molecule has 0 radical (unpaired) electrons. The van der Waals surface area contributed by atoms with Crippen LogP contribution in [0.15, 0.2) is 18.2 Å². The molecule has 1 aliphatic carbocycles. The molecule has 0 saturated carbocycles. The van der Waals surface area contributed by atoms with E-state index in [1.54, 1.807) is 0 Å². The van der Waals surface area contributed by atoms with Crippen LogP contribution in [0.1, 0.15) is 30.1 Å². The fourth-order valence-electron chi connectivity index (χ4n) is 2.20. The Hall–Kier alpha value is -0.530. The summed E-state index contributed by atoms with van der Waals surface area (Å²) >= 11 is 5.95. The second-order valence-corrected chi connectivity index (χ2v) is 4.27. The van der Waals surface area contributed by atoms with Crippen molar-refractivity contribution in [1.29, 1.82) is 0 Å². The predicted molar refractivity (Wildman–Crippen MR) is 52.0 cm³/mol. The topological polar surface area (TPSA) is 12.5 Å². The van der Waals surface area contributed by atoms with E-state index in [1.165, 1.54) is 24.0 Å². The lowest BCUT2D eigenvalue weighted by molar-refractivity contribution is 0.357. The summed E-state index contributed by atoms with van der Waals surface area (Å²) in [5.41, 5.74) is 2.75. The molecule has 1 aromatic rings. The molecule has 1 nitrogen and oxygen atoms in total. The van der Waals surface area contributed by atoms with Gasteiger partial charge in [0.15, 0.2) is 0 Å². The van der Waals surface area contributed by atoms with Gasteiger partial charge < -0.3 is 4.74 Å². The van der Waals surface area contributed by atoms with Crippen LogP contribution in [0.2, 0.25) is 5.02 Å². The Labute approximate surface area is 82.7 Å². The highest BCUT2D eigenvalue weighted by atomic mass is 35.5. The largest absolute Gasteiger partial charge is 0.364 e. The summed E-state index contributed by atoms with van der Waals surface area (Å²) < 4.78 is 5.58. The van der Waals surface area contributed by atoms with E-state index in [1.807, 2.05) is 6.07 Å². The highest BCUT2D eigenvalue weighted by Gasteiger charge is 2.42. The zero-order chi connectivity index (χ0) is 8.84. The summed E-state index contributed by atoms with van der Waals surface area (Å²) in [6.07, 6.45) is 4.48. The quantitative estimate of drug-likeness (QED) is 0.579. The highest BCUT2D eigenvalue weighted by Crippen LogP contribution is 2.45. The van der Waals surface area contributed by atoms with Crippen molar-refractivity contribution in [2.75, 3.05) is 0 Å². The molecule has 2 heteroatoms. The van der Waals surface area contributed by atoms with Gasteiger partial charge in [0.2, 0.25) is 0 Å². The van der Waals surface area contributed by atoms with Crippen LogP contribution in [0, 0.1) is 0 Å². The Balaban J connectivity index is 2.08. The second kappa shape index (κ2) is 2.73. The molecule has 0 amide bonds. The van der Waals surface area contributed by atoms with Crippen LogP contribution in [-0.4, -0.2) is 6.10 Å². The summed E-state index contributed by atoms with van der Waals surface area (Å²) in [5, 5.41) is 0.845. The van der Waals surface area contributed by atoms with Crippen LogP contribution in [0.4, 0.5) is 0 Å². The minimum absolute atomic E-state index is 0.384. The standard InChI is InChI=1S/C11H11ClO/c12-8-4-5-9-7(6-8)2-1-3-10-11(9)13-10/h4-6,10-11H,1-3H2/t10-,11+/m1/s1. The maximum absolute atomic E-state index is 5.95. The van der Waals surface area contributed by atoms with Gasteiger partial charge in [-0.3, -0.25) is 0 Å². The molecule has 2 aliphatic rings. The number of rotatable bonds is 0. The van der Waals surface area contributed by atoms with Crippen molar-refractivity contribution >= 4 is 11.6 Å². The van der Waals surface area contributed by atoms with Crippen LogP contribution in [0.25, 0.3) is 0 Å². The maximum Gasteiger partial charge on any atom is 0.109 e. The number of hydrogen-bond acceptors (Lipinski definition) is 1. The van der Waals surface area contributed by atoms with Gasteiger partial charge in [0.05, 0.1) is 6.10 Å². The van der Waals surface area contributed by atoms with Crippen LogP contribution in [0.5, 0.6) is 0 Å². The van der Waals surface area contributed by atoms with Gasteiger partial charge in [-0.25, -0.2) is 0 Å². The number of hydrogen-bond donors (Lipinski definition) is 0. The molecule has 13 heavy (non-hydrogen) atoms. The maximum atomic E-state index is 5.95. The fourth-order valence-corrected chi connectivity index (χ4v) is 2.39. The third-order valence-electron chi connectivity index (χ3n) is 2.93. The Bertz CT molecular complexity index is 348. The van der Waals surface area contributed by atoms with E-state index in [0.29, 0.717) is 12.2 Å². The van der Waals surface area contributed by atoms with Gasteiger partial charge in [0.25, 0.3) is 0 Å². The predicted octanol–water partition coefficient (Wildman–Crippen LogP) is 3.12. The molecular formula is C11H11ClO. The Morgan fingerprint density at radius 2 is 2.31 bits per heavy atom. The second-order valence-electron chi connectivity index (χ2n) is 3.83. The average molecular weight is 195 g/mol. The smallest absolute Gasteiger partial charge is 0.109 e. The van der Waals surface area contributed by atoms with E-state index in [2.05, 4.69) is 12.1 Å². The number of halogens is 1. The molecule has 3 rings (SSSR count). The average Bonchev–Trinajstić information content (AvgIpc) is 2.82. The van der Waals surface area contributed by atoms with Gasteiger partial charge >= 0.3 is 0 Å². The first-order valence-corrected chi connectivity index (χ1v) is 5.16. The fraction of sp³-hybridized carbons (Fsp3) is 0.455. The zero-order valence-corrected chi connectivity index (χ0v) is 8.05. The molecule has 1 saturated heterocycles. The monoisotopic (exact) mass is 194 g/mol. The molecule has 0 spiro atoms. The van der Waals surface area contributed by atoms with Gasteiger partial charge in [0, 0.05) is 5.02 Å². The summed E-state index contributed by atoms with van der Waals surface area (Å²) in [4.78, 5) is 0. The van der Waals surface area contributed by atoms with Crippen molar-refractivity contribution in [1.82, 2.24) is 0 Å². The SMILES string of the molecule is Clc1ccc2c(c1)CCC[C@H]1O[C@@H]21. The summed E-state index contributed by atoms with van der Waals surface area (Å²) in [6, 6.07) is 6.17. The van der Waals surface area contributed by atoms with Crippen molar-refractivity contribution < 1.29 is 4.74 Å². The molecule has 1 aliphatic heterocycles. The number of benzene rings is 1. The molecule has 0 aromatic heterocycles.